The largest absolute Gasteiger partial charge is 0.494 e. The van der Waals surface area contributed by atoms with E-state index in [9.17, 15) is 4.39 Å². The highest BCUT2D eigenvalue weighted by Crippen LogP contribution is 2.18. The molecule has 0 radical (unpaired) electrons. The summed E-state index contributed by atoms with van der Waals surface area (Å²) in [6.45, 7) is 0. The lowest BCUT2D eigenvalue weighted by molar-refractivity contribution is 0.386. The van der Waals surface area contributed by atoms with Crippen LogP contribution in [0.4, 0.5) is 4.39 Å². The Morgan fingerprint density at radius 2 is 2.29 bits per heavy atom. The summed E-state index contributed by atoms with van der Waals surface area (Å²) in [6, 6.07) is 4.49. The van der Waals surface area contributed by atoms with Crippen molar-refractivity contribution >= 4 is 0 Å². The van der Waals surface area contributed by atoms with Gasteiger partial charge in [-0.15, -0.1) is 5.10 Å². The first-order valence-electron chi connectivity index (χ1n) is 3.88. The molecule has 14 heavy (non-hydrogen) atoms. The molecule has 0 aliphatic rings. The highest BCUT2D eigenvalue weighted by atomic mass is 19.1. The lowest BCUT2D eigenvalue weighted by Gasteiger charge is -2.03. The number of benzene rings is 1. The number of hydrogen-bond acceptors (Lipinski definition) is 4. The maximum Gasteiger partial charge on any atom is 0.167 e. The van der Waals surface area contributed by atoms with Crippen LogP contribution in [0.15, 0.2) is 24.5 Å². The fourth-order valence-electron chi connectivity index (χ4n) is 1.08. The Morgan fingerprint density at radius 1 is 1.43 bits per heavy atom. The van der Waals surface area contributed by atoms with Crippen molar-refractivity contribution < 1.29 is 9.13 Å². The van der Waals surface area contributed by atoms with E-state index < -0.39 is 5.82 Å². The predicted molar refractivity (Wildman–Crippen MR) is 45.7 cm³/mol. The van der Waals surface area contributed by atoms with Gasteiger partial charge in [-0.2, -0.15) is 0 Å². The van der Waals surface area contributed by atoms with Crippen LogP contribution in [0.1, 0.15) is 0 Å². The van der Waals surface area contributed by atoms with E-state index in [0.717, 1.165) is 0 Å². The van der Waals surface area contributed by atoms with Crippen LogP contribution in [0.25, 0.3) is 5.69 Å². The number of halogens is 1. The molecule has 0 aliphatic heterocycles. The van der Waals surface area contributed by atoms with Gasteiger partial charge in [-0.05, 0) is 22.6 Å². The van der Waals surface area contributed by atoms with Crippen molar-refractivity contribution in [3.05, 3.63) is 30.3 Å². The van der Waals surface area contributed by atoms with Gasteiger partial charge in [0.05, 0.1) is 12.8 Å². The standard InChI is InChI=1S/C8H7FN4O/c1-14-8-3-2-6(4-7(8)9)13-5-10-11-12-13/h2-5H,1H3. The number of hydrogen-bond donors (Lipinski definition) is 0. The minimum Gasteiger partial charge on any atom is -0.494 e. The molecule has 6 heteroatoms. The molecule has 2 rings (SSSR count). The summed E-state index contributed by atoms with van der Waals surface area (Å²) in [4.78, 5) is 0. The van der Waals surface area contributed by atoms with E-state index >= 15 is 0 Å². The van der Waals surface area contributed by atoms with Crippen molar-refractivity contribution in [1.82, 2.24) is 20.2 Å². The zero-order valence-corrected chi connectivity index (χ0v) is 7.38. The summed E-state index contributed by atoms with van der Waals surface area (Å²) in [5, 5.41) is 10.5. The SMILES string of the molecule is COc1ccc(-n2cnnn2)cc1F. The van der Waals surface area contributed by atoms with Crippen LogP contribution in [0, 0.1) is 5.82 Å². The van der Waals surface area contributed by atoms with Gasteiger partial charge in [-0.3, -0.25) is 0 Å². The summed E-state index contributed by atoms with van der Waals surface area (Å²) >= 11 is 0. The van der Waals surface area contributed by atoms with Crippen molar-refractivity contribution in [2.24, 2.45) is 0 Å². The summed E-state index contributed by atoms with van der Waals surface area (Å²) in [6.07, 6.45) is 1.39. The Balaban J connectivity index is 2.43. The van der Waals surface area contributed by atoms with Gasteiger partial charge < -0.3 is 4.74 Å². The minimum atomic E-state index is -0.444. The summed E-state index contributed by atoms with van der Waals surface area (Å²) in [5.41, 5.74) is 0.549. The number of tetrazole rings is 1. The van der Waals surface area contributed by atoms with Gasteiger partial charge in [-0.25, -0.2) is 9.07 Å². The molecule has 1 aromatic carbocycles. The van der Waals surface area contributed by atoms with Crippen molar-refractivity contribution in [2.75, 3.05) is 7.11 Å². The second-order valence-corrected chi connectivity index (χ2v) is 2.57. The maximum atomic E-state index is 13.2. The first kappa shape index (κ1) is 8.61. The first-order chi connectivity index (χ1) is 6.81. The van der Waals surface area contributed by atoms with Crippen LogP contribution < -0.4 is 4.74 Å². The molecular formula is C8H7FN4O. The fraction of sp³-hybridized carbons (Fsp3) is 0.125. The van der Waals surface area contributed by atoms with Crippen LogP contribution in [0.2, 0.25) is 0 Å². The molecule has 1 aromatic heterocycles. The second-order valence-electron chi connectivity index (χ2n) is 2.57. The van der Waals surface area contributed by atoms with Gasteiger partial charge in [0.1, 0.15) is 6.33 Å². The van der Waals surface area contributed by atoms with E-state index in [0.29, 0.717) is 5.69 Å². The van der Waals surface area contributed by atoms with Crippen molar-refractivity contribution in [2.45, 2.75) is 0 Å². The molecule has 0 bridgehead atoms. The minimum absolute atomic E-state index is 0.196. The Labute approximate surface area is 79.1 Å². The molecule has 5 nitrogen and oxygen atoms in total. The van der Waals surface area contributed by atoms with Crippen LogP contribution in [-0.4, -0.2) is 27.3 Å². The molecule has 1 heterocycles. The average Bonchev–Trinajstić information content (AvgIpc) is 2.70. The monoisotopic (exact) mass is 194 g/mol. The Hall–Kier alpha value is -1.98. The zero-order chi connectivity index (χ0) is 9.97. The molecule has 0 spiro atoms. The van der Waals surface area contributed by atoms with Crippen LogP contribution >= 0.6 is 0 Å². The molecule has 0 fully saturated rings. The van der Waals surface area contributed by atoms with Crippen molar-refractivity contribution in [3.63, 3.8) is 0 Å². The Kier molecular flexibility index (Phi) is 2.10. The number of ether oxygens (including phenoxy) is 1. The summed E-state index contributed by atoms with van der Waals surface area (Å²) in [5.74, 6) is -0.248. The van der Waals surface area contributed by atoms with E-state index in [1.54, 1.807) is 6.07 Å². The van der Waals surface area contributed by atoms with Gasteiger partial charge in [0, 0.05) is 6.07 Å². The Bertz CT molecular complexity index is 429. The quantitative estimate of drug-likeness (QED) is 0.709. The molecule has 0 unspecified atom stereocenters. The van der Waals surface area contributed by atoms with Gasteiger partial charge >= 0.3 is 0 Å². The van der Waals surface area contributed by atoms with Gasteiger partial charge in [0.2, 0.25) is 0 Å². The number of aromatic nitrogens is 4. The predicted octanol–water partition coefficient (Wildman–Crippen LogP) is 0.810. The maximum absolute atomic E-state index is 13.2. The normalized spacial score (nSPS) is 10.1. The average molecular weight is 194 g/mol. The van der Waals surface area contributed by atoms with Crippen LogP contribution in [-0.2, 0) is 0 Å². The van der Waals surface area contributed by atoms with Gasteiger partial charge in [0.15, 0.2) is 11.6 Å². The third kappa shape index (κ3) is 1.41. The third-order valence-electron chi connectivity index (χ3n) is 1.75. The van der Waals surface area contributed by atoms with Crippen LogP contribution in [0.5, 0.6) is 5.75 Å². The highest BCUT2D eigenvalue weighted by Gasteiger charge is 2.04. The van der Waals surface area contributed by atoms with E-state index in [1.807, 2.05) is 0 Å². The number of rotatable bonds is 2. The first-order valence-corrected chi connectivity index (χ1v) is 3.88. The van der Waals surface area contributed by atoms with E-state index in [4.69, 9.17) is 4.74 Å². The smallest absolute Gasteiger partial charge is 0.167 e. The molecule has 2 aromatic rings. The molecule has 0 N–H and O–H groups in total. The van der Waals surface area contributed by atoms with E-state index in [2.05, 4.69) is 15.5 Å². The number of methoxy groups -OCH3 is 1. The van der Waals surface area contributed by atoms with Crippen LogP contribution in [0.3, 0.4) is 0 Å². The summed E-state index contributed by atoms with van der Waals surface area (Å²) < 4.78 is 19.4. The molecule has 0 amide bonds. The van der Waals surface area contributed by atoms with Crippen molar-refractivity contribution in [1.29, 1.82) is 0 Å². The lowest BCUT2D eigenvalue weighted by Crippen LogP contribution is -1.97. The molecule has 0 saturated heterocycles. The topological polar surface area (TPSA) is 52.8 Å². The molecule has 0 atom stereocenters. The molecule has 0 aliphatic carbocycles. The van der Waals surface area contributed by atoms with Gasteiger partial charge in [0.25, 0.3) is 0 Å². The molecule has 72 valence electrons. The lowest BCUT2D eigenvalue weighted by atomic mass is 10.3. The zero-order valence-electron chi connectivity index (χ0n) is 7.38. The third-order valence-corrected chi connectivity index (χ3v) is 1.75. The second kappa shape index (κ2) is 3.41. The number of nitrogens with zero attached hydrogens (tertiary/aromatic N) is 4. The molecule has 0 saturated carbocycles. The van der Waals surface area contributed by atoms with Crippen molar-refractivity contribution in [3.8, 4) is 11.4 Å². The van der Waals surface area contributed by atoms with E-state index in [1.165, 1.54) is 30.3 Å². The summed E-state index contributed by atoms with van der Waals surface area (Å²) in [7, 11) is 1.41. The van der Waals surface area contributed by atoms with E-state index in [-0.39, 0.29) is 5.75 Å². The molecular weight excluding hydrogens is 187 g/mol. The highest BCUT2D eigenvalue weighted by molar-refractivity contribution is 5.37. The van der Waals surface area contributed by atoms with Gasteiger partial charge in [-0.1, -0.05) is 0 Å². The Morgan fingerprint density at radius 3 is 2.86 bits per heavy atom. The fourth-order valence-corrected chi connectivity index (χ4v) is 1.08.